The van der Waals surface area contributed by atoms with Crippen molar-refractivity contribution in [2.45, 2.75) is 19.1 Å². The molecule has 25 heavy (non-hydrogen) atoms. The first-order chi connectivity index (χ1) is 11.8. The topological polar surface area (TPSA) is 157 Å². The van der Waals surface area contributed by atoms with Gasteiger partial charge in [0.2, 0.25) is 0 Å². The number of amides is 1. The van der Waals surface area contributed by atoms with Crippen molar-refractivity contribution in [3.63, 3.8) is 0 Å². The number of hydrogen-bond donors (Lipinski definition) is 3. The third-order valence-corrected chi connectivity index (χ3v) is 3.11. The molecule has 0 saturated heterocycles. The fourth-order valence-electron chi connectivity index (χ4n) is 1.82. The number of nitrogens with one attached hydrogen (secondary N) is 1. The zero-order valence-corrected chi connectivity index (χ0v) is 13.6. The number of nitro groups is 1. The average molecular weight is 358 g/mol. The smallest absolute Gasteiger partial charge is 0.407 e. The van der Waals surface area contributed by atoms with E-state index in [4.69, 9.17) is 24.4 Å². The van der Waals surface area contributed by atoms with Gasteiger partial charge in [-0.25, -0.2) is 9.59 Å². The number of nitrogens with zero attached hydrogens (tertiary/aromatic N) is 1. The molecule has 0 bridgehead atoms. The van der Waals surface area contributed by atoms with E-state index in [1.807, 2.05) is 0 Å². The summed E-state index contributed by atoms with van der Waals surface area (Å²) in [4.78, 5) is 32.4. The monoisotopic (exact) mass is 358 g/mol. The van der Waals surface area contributed by atoms with Crippen molar-refractivity contribution < 1.29 is 38.9 Å². The highest BCUT2D eigenvalue weighted by Gasteiger charge is 2.21. The normalized spacial score (nSPS) is 11.3. The largest absolute Gasteiger partial charge is 0.493 e. The fourth-order valence-corrected chi connectivity index (χ4v) is 1.82. The molecule has 3 N–H and O–H groups in total. The van der Waals surface area contributed by atoms with E-state index in [-0.39, 0.29) is 35.7 Å². The van der Waals surface area contributed by atoms with Gasteiger partial charge in [0, 0.05) is 13.0 Å². The third-order valence-electron chi connectivity index (χ3n) is 3.11. The summed E-state index contributed by atoms with van der Waals surface area (Å²) in [5.41, 5.74) is -0.227. The number of aliphatic hydroxyl groups is 1. The Morgan fingerprint density at radius 1 is 1.28 bits per heavy atom. The molecule has 1 unspecified atom stereocenters. The number of nitro benzene ring substituents is 1. The lowest BCUT2D eigenvalue weighted by Gasteiger charge is -2.11. The quantitative estimate of drug-likeness (QED) is 0.426. The van der Waals surface area contributed by atoms with E-state index >= 15 is 0 Å². The molecule has 0 aliphatic rings. The maximum atomic E-state index is 11.5. The van der Waals surface area contributed by atoms with Gasteiger partial charge in [-0.15, -0.1) is 0 Å². The van der Waals surface area contributed by atoms with Gasteiger partial charge in [-0.05, 0) is 6.07 Å². The molecule has 0 aliphatic carbocycles. The van der Waals surface area contributed by atoms with Crippen molar-refractivity contribution >= 4 is 17.7 Å². The maximum Gasteiger partial charge on any atom is 0.407 e. The lowest BCUT2D eigenvalue weighted by Crippen LogP contribution is -2.30. The number of methoxy groups -OCH3 is 2. The van der Waals surface area contributed by atoms with Gasteiger partial charge in [-0.3, -0.25) is 10.1 Å². The first-order valence-electron chi connectivity index (χ1n) is 7.01. The average Bonchev–Trinajstić information content (AvgIpc) is 2.58. The number of carbonyl (C=O) groups excluding carboxylic acids is 1. The molecule has 0 aromatic heterocycles. The van der Waals surface area contributed by atoms with Crippen molar-refractivity contribution in [2.75, 3.05) is 20.8 Å². The summed E-state index contributed by atoms with van der Waals surface area (Å²) in [5.74, 6) is -1.02. The van der Waals surface area contributed by atoms with Crippen LogP contribution in [0.25, 0.3) is 0 Å². The molecule has 1 aromatic carbocycles. The van der Waals surface area contributed by atoms with Crippen molar-refractivity contribution in [2.24, 2.45) is 0 Å². The second kappa shape index (κ2) is 9.27. The lowest BCUT2D eigenvalue weighted by molar-refractivity contribution is -0.385. The summed E-state index contributed by atoms with van der Waals surface area (Å²) < 4.78 is 14.9. The van der Waals surface area contributed by atoms with E-state index in [1.54, 1.807) is 0 Å². The summed E-state index contributed by atoms with van der Waals surface area (Å²) in [5, 5.41) is 30.9. The SMILES string of the molecule is COc1cc(COC(=O)NCCC(O)C(=O)O)c([N+](=O)[O-])cc1OC. The summed E-state index contributed by atoms with van der Waals surface area (Å²) in [6.45, 7) is -0.551. The van der Waals surface area contributed by atoms with Crippen LogP contribution >= 0.6 is 0 Å². The molecule has 0 radical (unpaired) electrons. The van der Waals surface area contributed by atoms with E-state index in [2.05, 4.69) is 5.32 Å². The highest BCUT2D eigenvalue weighted by molar-refractivity contribution is 5.72. The molecule has 11 nitrogen and oxygen atoms in total. The van der Waals surface area contributed by atoms with Crippen molar-refractivity contribution in [1.82, 2.24) is 5.32 Å². The molecule has 0 heterocycles. The molecule has 0 fully saturated rings. The Morgan fingerprint density at radius 3 is 2.40 bits per heavy atom. The van der Waals surface area contributed by atoms with Crippen LogP contribution in [-0.4, -0.2) is 54.1 Å². The maximum absolute atomic E-state index is 11.5. The molecule has 1 atom stereocenters. The van der Waals surface area contributed by atoms with Crippen molar-refractivity contribution in [3.8, 4) is 11.5 Å². The Kier molecular flexibility index (Phi) is 7.41. The van der Waals surface area contributed by atoms with E-state index in [0.29, 0.717) is 0 Å². The zero-order valence-electron chi connectivity index (χ0n) is 13.6. The predicted octanol–water partition coefficient (Wildman–Crippen LogP) is 0.674. The molecular weight excluding hydrogens is 340 g/mol. The van der Waals surface area contributed by atoms with Gasteiger partial charge in [0.25, 0.3) is 5.69 Å². The second-order valence-electron chi connectivity index (χ2n) is 4.74. The van der Waals surface area contributed by atoms with Gasteiger partial charge in [0.1, 0.15) is 6.61 Å². The standard InChI is InChI=1S/C14H18N2O9/c1-23-11-5-8(9(16(21)22)6-12(11)24-2)7-25-14(20)15-4-3-10(17)13(18)19/h5-6,10,17H,3-4,7H2,1-2H3,(H,15,20)(H,18,19). The molecule has 1 aromatic rings. The Morgan fingerprint density at radius 2 is 1.88 bits per heavy atom. The first kappa shape index (κ1) is 20.0. The molecule has 0 saturated carbocycles. The van der Waals surface area contributed by atoms with Crippen LogP contribution in [0.3, 0.4) is 0 Å². The Labute approximate surface area is 142 Å². The van der Waals surface area contributed by atoms with Crippen LogP contribution in [0.15, 0.2) is 12.1 Å². The van der Waals surface area contributed by atoms with Crippen LogP contribution in [-0.2, 0) is 16.1 Å². The summed E-state index contributed by atoms with van der Waals surface area (Å²) in [6, 6.07) is 2.47. The predicted molar refractivity (Wildman–Crippen MR) is 82.6 cm³/mol. The van der Waals surface area contributed by atoms with E-state index < -0.39 is 29.7 Å². The molecule has 1 rings (SSSR count). The summed E-state index contributed by atoms with van der Waals surface area (Å²) in [6.07, 6.45) is -2.73. The zero-order chi connectivity index (χ0) is 19.0. The summed E-state index contributed by atoms with van der Waals surface area (Å²) >= 11 is 0. The Bertz CT molecular complexity index is 647. The number of carboxylic acids is 1. The summed E-state index contributed by atoms with van der Waals surface area (Å²) in [7, 11) is 2.69. The molecule has 138 valence electrons. The number of alkyl carbamates (subject to hydrolysis) is 1. The number of benzene rings is 1. The van der Waals surface area contributed by atoms with Crippen LogP contribution in [0.4, 0.5) is 10.5 Å². The van der Waals surface area contributed by atoms with Crippen LogP contribution in [0, 0.1) is 10.1 Å². The molecule has 0 spiro atoms. The van der Waals surface area contributed by atoms with Crippen LogP contribution in [0.2, 0.25) is 0 Å². The van der Waals surface area contributed by atoms with Gasteiger partial charge in [-0.2, -0.15) is 0 Å². The number of hydrogen-bond acceptors (Lipinski definition) is 8. The van der Waals surface area contributed by atoms with Crippen LogP contribution in [0.1, 0.15) is 12.0 Å². The number of aliphatic carboxylic acids is 1. The van der Waals surface area contributed by atoms with Gasteiger partial charge < -0.3 is 29.7 Å². The minimum Gasteiger partial charge on any atom is -0.493 e. The third kappa shape index (κ3) is 5.80. The van der Waals surface area contributed by atoms with E-state index in [1.165, 1.54) is 20.3 Å². The highest BCUT2D eigenvalue weighted by Crippen LogP contribution is 2.34. The lowest BCUT2D eigenvalue weighted by atomic mass is 10.1. The first-order valence-corrected chi connectivity index (χ1v) is 7.01. The van der Waals surface area contributed by atoms with Gasteiger partial charge in [-0.1, -0.05) is 0 Å². The minimum absolute atomic E-state index is 0.0865. The molecule has 1 amide bonds. The number of aliphatic hydroxyl groups excluding tert-OH is 1. The molecular formula is C14H18N2O9. The van der Waals surface area contributed by atoms with Gasteiger partial charge in [0.15, 0.2) is 17.6 Å². The van der Waals surface area contributed by atoms with Crippen molar-refractivity contribution in [3.05, 3.63) is 27.8 Å². The van der Waals surface area contributed by atoms with Crippen LogP contribution in [0.5, 0.6) is 11.5 Å². The van der Waals surface area contributed by atoms with Crippen LogP contribution < -0.4 is 14.8 Å². The highest BCUT2D eigenvalue weighted by atomic mass is 16.6. The van der Waals surface area contributed by atoms with Crippen molar-refractivity contribution in [1.29, 1.82) is 0 Å². The number of ether oxygens (including phenoxy) is 3. The van der Waals surface area contributed by atoms with E-state index in [9.17, 15) is 19.7 Å². The second-order valence-corrected chi connectivity index (χ2v) is 4.74. The molecule has 0 aliphatic heterocycles. The van der Waals surface area contributed by atoms with Gasteiger partial charge >= 0.3 is 12.1 Å². The van der Waals surface area contributed by atoms with E-state index in [0.717, 1.165) is 6.07 Å². The Balaban J connectivity index is 2.71. The number of rotatable bonds is 9. The number of carboxylic acid groups (broad SMARTS) is 1. The fraction of sp³-hybridized carbons (Fsp3) is 0.429. The molecule has 11 heteroatoms. The number of carbonyl (C=O) groups is 2. The Hall–Kier alpha value is -3.08. The van der Waals surface area contributed by atoms with Gasteiger partial charge in [0.05, 0.1) is 30.8 Å². The minimum atomic E-state index is -1.60.